The number of sulfonamides is 1. The van der Waals surface area contributed by atoms with E-state index in [4.69, 9.17) is 5.73 Å². The molecule has 1 rings (SSSR count). The highest BCUT2D eigenvalue weighted by atomic mass is 32.2. The monoisotopic (exact) mass is 316 g/mol. The molecule has 120 valence electrons. The first kappa shape index (κ1) is 18.1. The van der Waals surface area contributed by atoms with Crippen LogP contribution in [0.15, 0.2) is 23.1 Å². The van der Waals surface area contributed by atoms with E-state index in [0.29, 0.717) is 12.0 Å². The molecule has 0 radical (unpaired) electrons. The van der Waals surface area contributed by atoms with Gasteiger partial charge in [0.2, 0.25) is 10.0 Å². The highest BCUT2D eigenvalue weighted by Crippen LogP contribution is 2.28. The maximum absolute atomic E-state index is 14.0. The van der Waals surface area contributed by atoms with Gasteiger partial charge in [0.1, 0.15) is 10.7 Å². The summed E-state index contributed by atoms with van der Waals surface area (Å²) in [5.74, 6) is -0.781. The van der Waals surface area contributed by atoms with Crippen LogP contribution < -0.4 is 10.5 Å². The van der Waals surface area contributed by atoms with Gasteiger partial charge in [-0.15, -0.1) is 0 Å². The lowest BCUT2D eigenvalue weighted by molar-refractivity contribution is 0.269. The molecule has 0 saturated carbocycles. The first-order chi connectivity index (χ1) is 9.36. The fraction of sp³-hybridized carbons (Fsp3) is 0.600. The quantitative estimate of drug-likeness (QED) is 0.877. The minimum Gasteiger partial charge on any atom is -0.326 e. The zero-order valence-electron chi connectivity index (χ0n) is 13.3. The zero-order chi connectivity index (χ0) is 16.5. The number of hydrogen-bond acceptors (Lipinski definition) is 3. The molecule has 21 heavy (non-hydrogen) atoms. The number of halogens is 1. The van der Waals surface area contributed by atoms with Gasteiger partial charge < -0.3 is 5.73 Å². The molecule has 6 heteroatoms. The van der Waals surface area contributed by atoms with Crippen LogP contribution >= 0.6 is 0 Å². The highest BCUT2D eigenvalue weighted by molar-refractivity contribution is 7.89. The standard InChI is InChI=1S/C15H25FN2O2S/c1-14(2,3)10-15(4,5)18-21(19,20)13-7-6-11(9-17)8-12(13)16/h6-8,18H,9-10,17H2,1-5H3. The summed E-state index contributed by atoms with van der Waals surface area (Å²) < 4.78 is 41.3. The van der Waals surface area contributed by atoms with Gasteiger partial charge in [0, 0.05) is 12.1 Å². The Labute approximate surface area is 127 Å². The van der Waals surface area contributed by atoms with Crippen molar-refractivity contribution in [2.75, 3.05) is 0 Å². The topological polar surface area (TPSA) is 72.2 Å². The summed E-state index contributed by atoms with van der Waals surface area (Å²) >= 11 is 0. The maximum Gasteiger partial charge on any atom is 0.243 e. The van der Waals surface area contributed by atoms with Crippen molar-refractivity contribution in [3.05, 3.63) is 29.6 Å². The molecule has 0 heterocycles. The van der Waals surface area contributed by atoms with Crippen LogP contribution in [0.4, 0.5) is 4.39 Å². The summed E-state index contributed by atoms with van der Waals surface area (Å²) in [7, 11) is -3.91. The van der Waals surface area contributed by atoms with Crippen molar-refractivity contribution in [3.8, 4) is 0 Å². The van der Waals surface area contributed by atoms with Gasteiger partial charge in [-0.05, 0) is 43.4 Å². The van der Waals surface area contributed by atoms with E-state index in [1.54, 1.807) is 13.8 Å². The van der Waals surface area contributed by atoms with Crippen molar-refractivity contribution in [2.45, 2.75) is 58.0 Å². The van der Waals surface area contributed by atoms with Crippen molar-refractivity contribution in [1.29, 1.82) is 0 Å². The van der Waals surface area contributed by atoms with E-state index >= 15 is 0 Å². The Kier molecular flexibility index (Phi) is 5.18. The third-order valence-electron chi connectivity index (χ3n) is 2.90. The Balaban J connectivity index is 3.07. The summed E-state index contributed by atoms with van der Waals surface area (Å²) in [5.41, 5.74) is 5.25. The second-order valence-corrected chi connectivity index (χ2v) is 8.85. The first-order valence-electron chi connectivity index (χ1n) is 6.89. The van der Waals surface area contributed by atoms with E-state index in [2.05, 4.69) is 4.72 Å². The fourth-order valence-corrected chi connectivity index (χ4v) is 4.14. The predicted octanol–water partition coefficient (Wildman–Crippen LogP) is 2.78. The van der Waals surface area contributed by atoms with Crippen LogP contribution in [0.5, 0.6) is 0 Å². The molecule has 1 aromatic rings. The summed E-state index contributed by atoms with van der Waals surface area (Å²) in [4.78, 5) is -0.346. The minimum absolute atomic E-state index is 0.0476. The van der Waals surface area contributed by atoms with Crippen LogP contribution in [-0.4, -0.2) is 14.0 Å². The summed E-state index contributed by atoms with van der Waals surface area (Å²) in [5, 5.41) is 0. The van der Waals surface area contributed by atoms with Crippen LogP contribution in [0.3, 0.4) is 0 Å². The van der Waals surface area contributed by atoms with Crippen LogP contribution in [0.1, 0.15) is 46.6 Å². The van der Waals surface area contributed by atoms with Gasteiger partial charge in [-0.3, -0.25) is 0 Å². The van der Waals surface area contributed by atoms with Crippen LogP contribution in [0.2, 0.25) is 0 Å². The number of benzene rings is 1. The molecule has 0 aliphatic heterocycles. The molecule has 0 unspecified atom stereocenters. The molecule has 0 bridgehead atoms. The van der Waals surface area contributed by atoms with Gasteiger partial charge in [0.05, 0.1) is 0 Å². The third-order valence-corrected chi connectivity index (χ3v) is 4.64. The molecular formula is C15H25FN2O2S. The van der Waals surface area contributed by atoms with E-state index in [1.165, 1.54) is 12.1 Å². The van der Waals surface area contributed by atoms with Gasteiger partial charge in [-0.25, -0.2) is 17.5 Å². The molecule has 0 atom stereocenters. The van der Waals surface area contributed by atoms with Crippen molar-refractivity contribution in [2.24, 2.45) is 11.1 Å². The summed E-state index contributed by atoms with van der Waals surface area (Å²) in [6, 6.07) is 3.94. The minimum atomic E-state index is -3.91. The van der Waals surface area contributed by atoms with Crippen LogP contribution in [0.25, 0.3) is 0 Å². The Morgan fingerprint density at radius 2 is 1.76 bits per heavy atom. The average molecular weight is 316 g/mol. The lowest BCUT2D eigenvalue weighted by Gasteiger charge is -2.33. The Hall–Kier alpha value is -0.980. The molecule has 0 aliphatic rings. The molecular weight excluding hydrogens is 291 g/mol. The van der Waals surface area contributed by atoms with Gasteiger partial charge in [-0.1, -0.05) is 26.8 Å². The average Bonchev–Trinajstić information content (AvgIpc) is 2.22. The van der Waals surface area contributed by atoms with Crippen LogP contribution in [-0.2, 0) is 16.6 Å². The second kappa shape index (κ2) is 6.02. The second-order valence-electron chi connectivity index (χ2n) is 7.20. The van der Waals surface area contributed by atoms with E-state index in [9.17, 15) is 12.8 Å². The van der Waals surface area contributed by atoms with Crippen molar-refractivity contribution >= 4 is 10.0 Å². The smallest absolute Gasteiger partial charge is 0.243 e. The van der Waals surface area contributed by atoms with Crippen LogP contribution in [0, 0.1) is 11.2 Å². The fourth-order valence-electron chi connectivity index (χ4n) is 2.67. The zero-order valence-corrected chi connectivity index (χ0v) is 14.1. The normalized spacial score (nSPS) is 13.5. The summed E-state index contributed by atoms with van der Waals surface area (Å²) in [6.07, 6.45) is 0.627. The molecule has 0 spiro atoms. The van der Waals surface area contributed by atoms with E-state index in [-0.39, 0.29) is 16.9 Å². The SMILES string of the molecule is CC(C)(C)CC(C)(C)NS(=O)(=O)c1ccc(CN)cc1F. The van der Waals surface area contributed by atoms with Gasteiger partial charge >= 0.3 is 0 Å². The van der Waals surface area contributed by atoms with Crippen molar-refractivity contribution < 1.29 is 12.8 Å². The van der Waals surface area contributed by atoms with E-state index in [1.807, 2.05) is 20.8 Å². The number of hydrogen-bond donors (Lipinski definition) is 2. The Bertz CT molecular complexity index is 605. The lowest BCUT2D eigenvalue weighted by Crippen LogP contribution is -2.45. The van der Waals surface area contributed by atoms with Gasteiger partial charge in [0.15, 0.2) is 0 Å². The number of nitrogens with one attached hydrogen (secondary N) is 1. The number of nitrogens with two attached hydrogens (primary N) is 1. The highest BCUT2D eigenvalue weighted by Gasteiger charge is 2.31. The first-order valence-corrected chi connectivity index (χ1v) is 8.37. The summed E-state index contributed by atoms with van der Waals surface area (Å²) in [6.45, 7) is 9.84. The molecule has 0 saturated heterocycles. The Morgan fingerprint density at radius 1 is 1.19 bits per heavy atom. The largest absolute Gasteiger partial charge is 0.326 e. The lowest BCUT2D eigenvalue weighted by atomic mass is 9.82. The molecule has 1 aromatic carbocycles. The van der Waals surface area contributed by atoms with E-state index in [0.717, 1.165) is 6.07 Å². The molecule has 0 fully saturated rings. The maximum atomic E-state index is 14.0. The van der Waals surface area contributed by atoms with Gasteiger partial charge in [-0.2, -0.15) is 0 Å². The number of rotatable bonds is 5. The van der Waals surface area contributed by atoms with Crippen molar-refractivity contribution in [3.63, 3.8) is 0 Å². The van der Waals surface area contributed by atoms with Gasteiger partial charge in [0.25, 0.3) is 0 Å². The Morgan fingerprint density at radius 3 is 2.19 bits per heavy atom. The molecule has 0 aromatic heterocycles. The molecule has 0 amide bonds. The molecule has 0 aliphatic carbocycles. The van der Waals surface area contributed by atoms with E-state index < -0.39 is 21.4 Å². The predicted molar refractivity (Wildman–Crippen MR) is 82.8 cm³/mol. The molecule has 4 nitrogen and oxygen atoms in total. The van der Waals surface area contributed by atoms with Crippen molar-refractivity contribution in [1.82, 2.24) is 4.72 Å². The third kappa shape index (κ3) is 5.37. The molecule has 3 N–H and O–H groups in total.